The summed E-state index contributed by atoms with van der Waals surface area (Å²) in [6.07, 6.45) is 9.93. The highest BCUT2D eigenvalue weighted by Crippen LogP contribution is 2.26. The predicted molar refractivity (Wildman–Crippen MR) is 96.2 cm³/mol. The first-order valence-corrected chi connectivity index (χ1v) is 7.09. The van der Waals surface area contributed by atoms with Crippen molar-refractivity contribution in [3.63, 3.8) is 0 Å². The molecule has 0 aromatic heterocycles. The van der Waals surface area contributed by atoms with Gasteiger partial charge in [0.1, 0.15) is 0 Å². The first kappa shape index (κ1) is 16.7. The first-order chi connectivity index (χ1) is 9.99. The molecule has 1 aromatic carbocycles. The van der Waals surface area contributed by atoms with Gasteiger partial charge >= 0.3 is 0 Å². The van der Waals surface area contributed by atoms with E-state index in [-0.39, 0.29) is 0 Å². The van der Waals surface area contributed by atoms with E-state index in [1.807, 2.05) is 31.2 Å². The van der Waals surface area contributed by atoms with Crippen molar-refractivity contribution >= 4 is 5.57 Å². The third-order valence-corrected chi connectivity index (χ3v) is 3.34. The molecule has 0 spiro atoms. The second-order valence-electron chi connectivity index (χ2n) is 5.05. The fourth-order valence-electron chi connectivity index (χ4n) is 1.89. The average Bonchev–Trinajstić information content (AvgIpc) is 2.50. The van der Waals surface area contributed by atoms with Gasteiger partial charge in [-0.3, -0.25) is 0 Å². The van der Waals surface area contributed by atoms with Crippen molar-refractivity contribution in [1.82, 2.24) is 0 Å². The van der Waals surface area contributed by atoms with E-state index in [0.717, 1.165) is 27.9 Å². The zero-order chi connectivity index (χ0) is 15.8. The molecule has 0 N–H and O–H groups in total. The minimum absolute atomic E-state index is 0.951. The summed E-state index contributed by atoms with van der Waals surface area (Å²) in [5, 5.41) is 0. The Balaban J connectivity index is 2.98. The number of rotatable bonds is 6. The highest BCUT2D eigenvalue weighted by atomic mass is 14.1. The Labute approximate surface area is 129 Å². The molecule has 0 fully saturated rings. The molecule has 21 heavy (non-hydrogen) atoms. The van der Waals surface area contributed by atoms with E-state index in [0.29, 0.717) is 0 Å². The van der Waals surface area contributed by atoms with E-state index in [9.17, 15) is 0 Å². The lowest BCUT2D eigenvalue weighted by Crippen LogP contribution is -1.90. The maximum Gasteiger partial charge on any atom is -0.0184 e. The van der Waals surface area contributed by atoms with Crippen LogP contribution in [0.4, 0.5) is 0 Å². The molecule has 0 aliphatic carbocycles. The normalized spacial score (nSPS) is 12.5. The molecule has 0 heterocycles. The van der Waals surface area contributed by atoms with Gasteiger partial charge in [-0.05, 0) is 48.6 Å². The van der Waals surface area contributed by atoms with Crippen LogP contribution in [0.1, 0.15) is 25.0 Å². The molecule has 0 saturated carbocycles. The molecule has 1 rings (SSSR count). The monoisotopic (exact) mass is 276 g/mol. The van der Waals surface area contributed by atoms with Gasteiger partial charge in [0.2, 0.25) is 0 Å². The summed E-state index contributed by atoms with van der Waals surface area (Å²) in [5.41, 5.74) is 6.41. The molecule has 0 unspecified atom stereocenters. The number of hydrogen-bond acceptors (Lipinski definition) is 0. The summed E-state index contributed by atoms with van der Waals surface area (Å²) < 4.78 is 0. The molecule has 1 aromatic rings. The highest BCUT2D eigenvalue weighted by molar-refractivity contribution is 5.81. The second-order valence-corrected chi connectivity index (χ2v) is 5.05. The molecule has 0 amide bonds. The van der Waals surface area contributed by atoms with E-state index in [4.69, 9.17) is 0 Å². The molecule has 0 aliphatic heterocycles. The summed E-state index contributed by atoms with van der Waals surface area (Å²) in [7, 11) is 0. The van der Waals surface area contributed by atoms with Gasteiger partial charge in [0.05, 0.1) is 0 Å². The minimum Gasteiger partial charge on any atom is -0.0985 e. The van der Waals surface area contributed by atoms with E-state index in [1.165, 1.54) is 5.56 Å². The van der Waals surface area contributed by atoms with Crippen LogP contribution < -0.4 is 0 Å². The fraction of sp³-hybridized carbons (Fsp3) is 0.143. The van der Waals surface area contributed by atoms with Crippen molar-refractivity contribution in [3.8, 4) is 0 Å². The molecule has 0 nitrogen and oxygen atoms in total. The highest BCUT2D eigenvalue weighted by Gasteiger charge is 2.05. The van der Waals surface area contributed by atoms with E-state index < -0.39 is 0 Å². The molecule has 108 valence electrons. The molecule has 0 radical (unpaired) electrons. The van der Waals surface area contributed by atoms with Crippen molar-refractivity contribution < 1.29 is 0 Å². The van der Waals surface area contributed by atoms with Crippen molar-refractivity contribution in [1.29, 1.82) is 0 Å². The van der Waals surface area contributed by atoms with E-state index in [2.05, 4.69) is 63.9 Å². The van der Waals surface area contributed by atoms with Gasteiger partial charge in [-0.15, -0.1) is 0 Å². The molecule has 0 aliphatic rings. The number of allylic oxidation sites excluding steroid dienone is 9. The Hall–Kier alpha value is -2.34. The Bertz CT molecular complexity index is 617. The minimum atomic E-state index is 0.951. The number of hydrogen-bond donors (Lipinski definition) is 0. The Morgan fingerprint density at radius 2 is 1.71 bits per heavy atom. The third kappa shape index (κ3) is 4.92. The summed E-state index contributed by atoms with van der Waals surface area (Å²) in [4.78, 5) is 0. The number of aryl methyl sites for hydroxylation is 1. The summed E-state index contributed by atoms with van der Waals surface area (Å²) in [6, 6.07) is 8.35. The summed E-state index contributed by atoms with van der Waals surface area (Å²) in [5.74, 6) is 0. The summed E-state index contributed by atoms with van der Waals surface area (Å²) in [6.45, 7) is 18.3. The van der Waals surface area contributed by atoms with Crippen LogP contribution in [0.3, 0.4) is 0 Å². The quantitative estimate of drug-likeness (QED) is 0.543. The zero-order valence-corrected chi connectivity index (χ0v) is 13.3. The molecule has 0 atom stereocenters. The maximum absolute atomic E-state index is 4.17. The van der Waals surface area contributed by atoms with Gasteiger partial charge < -0.3 is 0 Å². The summed E-state index contributed by atoms with van der Waals surface area (Å²) >= 11 is 0. The Kier molecular flexibility index (Phi) is 6.42. The van der Waals surface area contributed by atoms with Crippen LogP contribution in [0.15, 0.2) is 91.1 Å². The lowest BCUT2D eigenvalue weighted by Gasteiger charge is -2.11. The van der Waals surface area contributed by atoms with Crippen LogP contribution in [0.2, 0.25) is 0 Å². The van der Waals surface area contributed by atoms with Crippen LogP contribution in [-0.2, 0) is 0 Å². The van der Waals surface area contributed by atoms with Gasteiger partial charge in [-0.2, -0.15) is 0 Å². The van der Waals surface area contributed by atoms with Crippen molar-refractivity contribution in [2.24, 2.45) is 0 Å². The first-order valence-electron chi connectivity index (χ1n) is 7.09. The molecule has 0 saturated heterocycles. The van der Waals surface area contributed by atoms with Crippen molar-refractivity contribution in [2.45, 2.75) is 20.8 Å². The predicted octanol–water partition coefficient (Wildman–Crippen LogP) is 6.20. The maximum atomic E-state index is 4.17. The van der Waals surface area contributed by atoms with Crippen LogP contribution >= 0.6 is 0 Å². The molecule has 0 bridgehead atoms. The van der Waals surface area contributed by atoms with Gasteiger partial charge in [-0.25, -0.2) is 0 Å². The smallest absolute Gasteiger partial charge is 0.0184 e. The van der Waals surface area contributed by atoms with Crippen LogP contribution in [-0.4, -0.2) is 0 Å². The molecular formula is C21H24. The van der Waals surface area contributed by atoms with Gasteiger partial charge in [0, 0.05) is 0 Å². The van der Waals surface area contributed by atoms with E-state index >= 15 is 0 Å². The standard InChI is InChI=1S/C21H24/c1-7-9-10-20(8-2)15-17(4)18(5)19(6)21-13-11-16(3)12-14-21/h7-15H,2,5-6H2,1,3-4H3. The SMILES string of the molecule is C=CC(=CC=CC)C=C(C)C(=C)C(=C)c1ccc(C)cc1. The third-order valence-electron chi connectivity index (χ3n) is 3.34. The van der Waals surface area contributed by atoms with Crippen molar-refractivity contribution in [3.05, 3.63) is 102 Å². The largest absolute Gasteiger partial charge is 0.0985 e. The molecule has 0 heteroatoms. The number of benzene rings is 1. The molecular weight excluding hydrogens is 252 g/mol. The van der Waals surface area contributed by atoms with Crippen LogP contribution in [0, 0.1) is 6.92 Å². The van der Waals surface area contributed by atoms with Crippen LogP contribution in [0.25, 0.3) is 5.57 Å². The lowest BCUT2D eigenvalue weighted by molar-refractivity contribution is 1.41. The fourth-order valence-corrected chi connectivity index (χ4v) is 1.89. The Morgan fingerprint density at radius 1 is 1.10 bits per heavy atom. The average molecular weight is 276 g/mol. The topological polar surface area (TPSA) is 0 Å². The van der Waals surface area contributed by atoms with Crippen molar-refractivity contribution in [2.75, 3.05) is 0 Å². The Morgan fingerprint density at radius 3 is 2.24 bits per heavy atom. The van der Waals surface area contributed by atoms with Gasteiger partial charge in [0.15, 0.2) is 0 Å². The van der Waals surface area contributed by atoms with E-state index in [1.54, 1.807) is 0 Å². The van der Waals surface area contributed by atoms with Crippen LogP contribution in [0.5, 0.6) is 0 Å². The van der Waals surface area contributed by atoms with Gasteiger partial charge in [0.25, 0.3) is 0 Å². The lowest BCUT2D eigenvalue weighted by atomic mass is 9.94. The van der Waals surface area contributed by atoms with Gasteiger partial charge in [-0.1, -0.05) is 79.9 Å². The second kappa shape index (κ2) is 8.06. The zero-order valence-electron chi connectivity index (χ0n) is 13.3.